The fraction of sp³-hybridized carbons (Fsp3) is 0.538. The average Bonchev–Trinajstić information content (AvgIpc) is 3.18. The average molecular weight is 579 g/mol. The summed E-state index contributed by atoms with van der Waals surface area (Å²) in [7, 11) is 0. The summed E-state index contributed by atoms with van der Waals surface area (Å²) in [4.78, 5) is 48.0. The Balaban J connectivity index is 2.07. The molecule has 2 heterocycles. The lowest BCUT2D eigenvalue weighted by molar-refractivity contribution is -0.239. The lowest BCUT2D eigenvalue weighted by Gasteiger charge is -2.45. The van der Waals surface area contributed by atoms with Gasteiger partial charge >= 0.3 is 17.9 Å². The first-order valence-electron chi connectivity index (χ1n) is 12.7. The molecule has 0 radical (unpaired) electrons. The smallest absolute Gasteiger partial charge is 0.303 e. The van der Waals surface area contributed by atoms with E-state index in [9.17, 15) is 19.2 Å². The molecule has 5 atom stereocenters. The summed E-state index contributed by atoms with van der Waals surface area (Å²) in [5, 5.41) is 7.37. The second kappa shape index (κ2) is 13.5. The number of amides is 1. The van der Waals surface area contributed by atoms with E-state index >= 15 is 0 Å². The van der Waals surface area contributed by atoms with E-state index in [-0.39, 0.29) is 18.0 Å². The van der Waals surface area contributed by atoms with Gasteiger partial charge < -0.3 is 33.6 Å². The van der Waals surface area contributed by atoms with Gasteiger partial charge in [0.05, 0.1) is 0 Å². The molecule has 3 rings (SSSR count). The van der Waals surface area contributed by atoms with Gasteiger partial charge in [-0.3, -0.25) is 19.2 Å². The van der Waals surface area contributed by atoms with Crippen LogP contribution in [-0.2, 0) is 51.3 Å². The monoisotopic (exact) mass is 578 g/mol. The molecule has 0 aliphatic carbocycles. The van der Waals surface area contributed by atoms with Crippen LogP contribution in [0, 0.1) is 11.7 Å². The van der Waals surface area contributed by atoms with Crippen molar-refractivity contribution in [3.63, 3.8) is 0 Å². The molecular weight excluding hydrogens is 544 g/mol. The molecule has 1 fully saturated rings. The van der Waals surface area contributed by atoms with Crippen molar-refractivity contribution in [2.24, 2.45) is 0 Å². The van der Waals surface area contributed by atoms with Crippen LogP contribution in [0.3, 0.4) is 0 Å². The van der Waals surface area contributed by atoms with Gasteiger partial charge in [-0.1, -0.05) is 12.1 Å². The number of rotatable bonds is 10. The first-order valence-corrected chi connectivity index (χ1v) is 13.1. The van der Waals surface area contributed by atoms with E-state index in [4.69, 9.17) is 35.9 Å². The molecule has 1 amide bonds. The standard InChI is InChI=1S/C26H34N4O9S/c1-7-29-21(13-36-19-10-8-9-14(2)11-19)28-30(26(29)40)25-22(27-15(3)31)24(38-18(6)34)23(37-17(5)33)20(39-25)12-35-16(4)32/h8-11,20,22-25H,7,12-13H2,1-6H3,(H,27,31)/t20-,22-,23-,24-,25-/m1/s1. The summed E-state index contributed by atoms with van der Waals surface area (Å²) in [5.41, 5.74) is 1.03. The van der Waals surface area contributed by atoms with Crippen molar-refractivity contribution in [2.75, 3.05) is 6.61 Å². The number of benzene rings is 1. The van der Waals surface area contributed by atoms with Gasteiger partial charge in [-0.15, -0.1) is 0 Å². The summed E-state index contributed by atoms with van der Waals surface area (Å²) < 4.78 is 31.7. The van der Waals surface area contributed by atoms with E-state index in [1.807, 2.05) is 38.1 Å². The van der Waals surface area contributed by atoms with E-state index in [1.54, 1.807) is 4.57 Å². The van der Waals surface area contributed by atoms with Gasteiger partial charge in [-0.25, -0.2) is 4.68 Å². The van der Waals surface area contributed by atoms with Gasteiger partial charge in [0.25, 0.3) is 0 Å². The second-order valence-corrected chi connectivity index (χ2v) is 9.60. The summed E-state index contributed by atoms with van der Waals surface area (Å²) >= 11 is 5.72. The highest BCUT2D eigenvalue weighted by molar-refractivity contribution is 7.71. The fourth-order valence-corrected chi connectivity index (χ4v) is 4.80. The number of aryl methyl sites for hydroxylation is 1. The number of nitrogens with zero attached hydrogens (tertiary/aromatic N) is 3. The zero-order valence-corrected chi connectivity index (χ0v) is 24.1. The topological polar surface area (TPSA) is 149 Å². The molecular formula is C26H34N4O9S. The fourth-order valence-electron chi connectivity index (χ4n) is 4.42. The Labute approximate surface area is 236 Å². The molecule has 1 aliphatic heterocycles. The molecule has 14 heteroatoms. The molecule has 1 aromatic heterocycles. The van der Waals surface area contributed by atoms with Crippen molar-refractivity contribution in [1.29, 1.82) is 0 Å². The van der Waals surface area contributed by atoms with Gasteiger partial charge in [-0.05, 0) is 43.8 Å². The van der Waals surface area contributed by atoms with E-state index in [0.29, 0.717) is 18.1 Å². The second-order valence-electron chi connectivity index (χ2n) is 9.23. The van der Waals surface area contributed by atoms with Crippen molar-refractivity contribution in [2.45, 2.75) is 85.3 Å². The molecule has 40 heavy (non-hydrogen) atoms. The Bertz CT molecular complexity index is 1310. The number of carbonyl (C=O) groups is 4. The van der Waals surface area contributed by atoms with E-state index in [1.165, 1.54) is 32.4 Å². The zero-order chi connectivity index (χ0) is 29.6. The molecule has 0 unspecified atom stereocenters. The summed E-state index contributed by atoms with van der Waals surface area (Å²) in [6, 6.07) is 6.45. The number of nitrogens with one attached hydrogen (secondary N) is 1. The summed E-state index contributed by atoms with van der Waals surface area (Å²) in [5.74, 6) is -1.34. The predicted molar refractivity (Wildman–Crippen MR) is 141 cm³/mol. The van der Waals surface area contributed by atoms with Crippen LogP contribution < -0.4 is 10.1 Å². The van der Waals surface area contributed by atoms with Crippen molar-refractivity contribution >= 4 is 36.0 Å². The van der Waals surface area contributed by atoms with Gasteiger partial charge in [0.15, 0.2) is 29.0 Å². The number of esters is 3. The molecule has 1 saturated heterocycles. The van der Waals surface area contributed by atoms with Crippen molar-refractivity contribution in [3.05, 3.63) is 40.4 Å². The number of hydrogen-bond donors (Lipinski definition) is 1. The first kappa shape index (κ1) is 30.8. The SMILES string of the molecule is CCn1c(COc2cccc(C)c2)nn([C@@H]2O[C@H](COC(C)=O)[C@@H](OC(C)=O)[C@H](OC(C)=O)[C@H]2NC(C)=O)c1=S. The maximum Gasteiger partial charge on any atom is 0.303 e. The third-order valence-electron chi connectivity index (χ3n) is 5.97. The van der Waals surface area contributed by atoms with Gasteiger partial charge in [-0.2, -0.15) is 5.10 Å². The highest BCUT2D eigenvalue weighted by Gasteiger charge is 2.52. The minimum Gasteiger partial charge on any atom is -0.486 e. The minimum absolute atomic E-state index is 0.0752. The van der Waals surface area contributed by atoms with Crippen molar-refractivity contribution < 1.29 is 42.9 Å². The maximum atomic E-state index is 12.3. The van der Waals surface area contributed by atoms with Crippen LogP contribution in [-0.4, -0.2) is 69.1 Å². The molecule has 1 aromatic carbocycles. The molecule has 218 valence electrons. The number of carbonyl (C=O) groups excluding carboxylic acids is 4. The molecule has 0 spiro atoms. The van der Waals surface area contributed by atoms with Crippen LogP contribution in [0.5, 0.6) is 5.75 Å². The lowest BCUT2D eigenvalue weighted by Crippen LogP contribution is -2.64. The first-order chi connectivity index (χ1) is 18.9. The predicted octanol–water partition coefficient (Wildman–Crippen LogP) is 2.15. The zero-order valence-electron chi connectivity index (χ0n) is 23.2. The third-order valence-corrected chi connectivity index (χ3v) is 6.37. The highest BCUT2D eigenvalue weighted by atomic mass is 32.1. The Morgan fingerprint density at radius 1 is 1.05 bits per heavy atom. The molecule has 1 N–H and O–H groups in total. The van der Waals surface area contributed by atoms with Crippen LogP contribution in [0.25, 0.3) is 0 Å². The van der Waals surface area contributed by atoms with Crippen LogP contribution in [0.1, 0.15) is 52.2 Å². The minimum atomic E-state index is -1.23. The van der Waals surface area contributed by atoms with Crippen LogP contribution in [0.4, 0.5) is 0 Å². The van der Waals surface area contributed by atoms with E-state index in [2.05, 4.69) is 10.4 Å². The summed E-state index contributed by atoms with van der Waals surface area (Å²) in [6.07, 6.45) is -4.68. The maximum absolute atomic E-state index is 12.3. The van der Waals surface area contributed by atoms with E-state index < -0.39 is 54.4 Å². The third kappa shape index (κ3) is 7.66. The quantitative estimate of drug-likeness (QED) is 0.251. The Morgan fingerprint density at radius 2 is 1.73 bits per heavy atom. The van der Waals surface area contributed by atoms with Crippen molar-refractivity contribution in [3.8, 4) is 5.75 Å². The Morgan fingerprint density at radius 3 is 2.30 bits per heavy atom. The largest absolute Gasteiger partial charge is 0.486 e. The lowest BCUT2D eigenvalue weighted by atomic mass is 9.95. The molecule has 13 nitrogen and oxygen atoms in total. The Kier molecular flexibility index (Phi) is 10.4. The number of ether oxygens (including phenoxy) is 5. The van der Waals surface area contributed by atoms with Gasteiger partial charge in [0, 0.05) is 34.2 Å². The normalized spacial score (nSPS) is 22.2. The number of aromatic nitrogens is 3. The van der Waals surface area contributed by atoms with Gasteiger partial charge in [0.1, 0.15) is 31.1 Å². The van der Waals surface area contributed by atoms with Crippen molar-refractivity contribution in [1.82, 2.24) is 19.7 Å². The summed E-state index contributed by atoms with van der Waals surface area (Å²) in [6.45, 7) is 8.86. The molecule has 2 aromatic rings. The highest BCUT2D eigenvalue weighted by Crippen LogP contribution is 2.33. The van der Waals surface area contributed by atoms with Crippen LogP contribution in [0.15, 0.2) is 24.3 Å². The molecule has 0 bridgehead atoms. The number of hydrogen-bond acceptors (Lipinski definition) is 11. The molecule has 0 saturated carbocycles. The Hall–Kier alpha value is -3.78. The van der Waals surface area contributed by atoms with E-state index in [0.717, 1.165) is 5.56 Å². The van der Waals surface area contributed by atoms with Crippen LogP contribution >= 0.6 is 12.2 Å². The van der Waals surface area contributed by atoms with Gasteiger partial charge in [0.2, 0.25) is 5.91 Å². The van der Waals surface area contributed by atoms with Crippen LogP contribution in [0.2, 0.25) is 0 Å². The molecule has 1 aliphatic rings.